The molecular weight excluding hydrogens is 273 g/mol. The Labute approximate surface area is 113 Å². The molecule has 0 radical (unpaired) electrons. The Kier molecular flexibility index (Phi) is 4.95. The molecule has 2 amide bonds. The Morgan fingerprint density at radius 1 is 1.45 bits per heavy atom. The molecule has 1 aromatic rings. The monoisotopic (exact) mass is 288 g/mol. The van der Waals surface area contributed by atoms with Crippen LogP contribution in [0.5, 0.6) is 0 Å². The van der Waals surface area contributed by atoms with Gasteiger partial charge in [0.05, 0.1) is 11.4 Å². The van der Waals surface area contributed by atoms with Crippen LogP contribution in [0, 0.1) is 11.3 Å². The van der Waals surface area contributed by atoms with Gasteiger partial charge in [0.1, 0.15) is 0 Å². The lowest BCUT2D eigenvalue weighted by atomic mass is 10.1. The third kappa shape index (κ3) is 4.79. The van der Waals surface area contributed by atoms with Gasteiger partial charge in [0.25, 0.3) is 0 Å². The van der Waals surface area contributed by atoms with Gasteiger partial charge < -0.3 is 16.4 Å². The van der Waals surface area contributed by atoms with Gasteiger partial charge in [-0.3, -0.25) is 5.41 Å². The van der Waals surface area contributed by atoms with E-state index in [-0.39, 0.29) is 24.0 Å². The molecule has 0 saturated heterocycles. The Hall–Kier alpha value is -2.25. The van der Waals surface area contributed by atoms with E-state index in [9.17, 15) is 18.0 Å². The van der Waals surface area contributed by atoms with E-state index in [0.717, 1.165) is 12.1 Å². The molecule has 0 aliphatic heterocycles. The van der Waals surface area contributed by atoms with Crippen molar-refractivity contribution in [3.63, 3.8) is 0 Å². The molecular formula is C12H15F3N4O. The van der Waals surface area contributed by atoms with Crippen LogP contribution >= 0.6 is 0 Å². The summed E-state index contributed by atoms with van der Waals surface area (Å²) in [4.78, 5) is 11.5. The minimum atomic E-state index is -4.46. The Bertz CT molecular complexity index is 502. The van der Waals surface area contributed by atoms with Crippen molar-refractivity contribution in [3.05, 3.63) is 29.8 Å². The second kappa shape index (κ2) is 6.27. The molecule has 0 aliphatic rings. The SMILES string of the molecule is CC(CNC(=O)Nc1cccc(C(F)(F)F)c1)C(=N)N. The summed E-state index contributed by atoms with van der Waals surface area (Å²) in [6.45, 7) is 1.77. The lowest BCUT2D eigenvalue weighted by Gasteiger charge is -2.13. The quantitative estimate of drug-likeness (QED) is 0.506. The maximum atomic E-state index is 12.5. The smallest absolute Gasteiger partial charge is 0.387 e. The van der Waals surface area contributed by atoms with Gasteiger partial charge in [-0.05, 0) is 18.2 Å². The average molecular weight is 288 g/mol. The second-order valence-corrected chi connectivity index (χ2v) is 4.27. The molecule has 0 aromatic heterocycles. The number of rotatable bonds is 4. The largest absolute Gasteiger partial charge is 0.416 e. The van der Waals surface area contributed by atoms with Gasteiger partial charge >= 0.3 is 12.2 Å². The molecule has 0 bridgehead atoms. The summed E-state index contributed by atoms with van der Waals surface area (Å²) in [7, 11) is 0. The molecule has 0 aliphatic carbocycles. The molecule has 1 aromatic carbocycles. The molecule has 1 rings (SSSR count). The number of amides is 2. The van der Waals surface area contributed by atoms with Crippen molar-refractivity contribution >= 4 is 17.6 Å². The number of halogens is 3. The maximum Gasteiger partial charge on any atom is 0.416 e. The maximum absolute atomic E-state index is 12.5. The number of carbonyl (C=O) groups excluding carboxylic acids is 1. The summed E-state index contributed by atoms with van der Waals surface area (Å²) >= 11 is 0. The topological polar surface area (TPSA) is 91.0 Å². The highest BCUT2D eigenvalue weighted by molar-refractivity contribution is 5.89. The zero-order valence-electron chi connectivity index (χ0n) is 10.7. The lowest BCUT2D eigenvalue weighted by Crippen LogP contribution is -2.36. The zero-order chi connectivity index (χ0) is 15.3. The van der Waals surface area contributed by atoms with Crippen molar-refractivity contribution in [1.82, 2.24) is 5.32 Å². The van der Waals surface area contributed by atoms with Gasteiger partial charge in [-0.2, -0.15) is 13.2 Å². The summed E-state index contributed by atoms with van der Waals surface area (Å²) in [5.74, 6) is -0.424. The third-order valence-corrected chi connectivity index (χ3v) is 2.55. The number of carbonyl (C=O) groups is 1. The van der Waals surface area contributed by atoms with Crippen LogP contribution in [0.25, 0.3) is 0 Å². The molecule has 1 atom stereocenters. The van der Waals surface area contributed by atoms with Crippen LogP contribution in [-0.4, -0.2) is 18.4 Å². The fraction of sp³-hybridized carbons (Fsp3) is 0.333. The van der Waals surface area contributed by atoms with E-state index in [1.165, 1.54) is 12.1 Å². The van der Waals surface area contributed by atoms with E-state index >= 15 is 0 Å². The van der Waals surface area contributed by atoms with E-state index < -0.39 is 17.8 Å². The van der Waals surface area contributed by atoms with Crippen LogP contribution in [-0.2, 0) is 6.18 Å². The van der Waals surface area contributed by atoms with Gasteiger partial charge in [-0.1, -0.05) is 13.0 Å². The number of hydrogen-bond acceptors (Lipinski definition) is 2. The minimum absolute atomic E-state index is 0.0350. The molecule has 110 valence electrons. The van der Waals surface area contributed by atoms with E-state index in [1.807, 2.05) is 0 Å². The Morgan fingerprint density at radius 3 is 2.65 bits per heavy atom. The molecule has 0 fully saturated rings. The summed E-state index contributed by atoms with van der Waals surface area (Å²) in [5.41, 5.74) is 4.42. The van der Waals surface area contributed by atoms with Crippen LogP contribution in [0.2, 0.25) is 0 Å². The van der Waals surface area contributed by atoms with E-state index in [0.29, 0.717) is 0 Å². The molecule has 20 heavy (non-hydrogen) atoms. The number of alkyl halides is 3. The first-order valence-corrected chi connectivity index (χ1v) is 5.76. The summed E-state index contributed by atoms with van der Waals surface area (Å²) in [6, 6.07) is 3.66. The number of nitrogens with one attached hydrogen (secondary N) is 3. The van der Waals surface area contributed by atoms with Crippen molar-refractivity contribution in [2.75, 3.05) is 11.9 Å². The normalized spacial score (nSPS) is 12.6. The van der Waals surface area contributed by atoms with Gasteiger partial charge in [-0.15, -0.1) is 0 Å². The van der Waals surface area contributed by atoms with Crippen molar-refractivity contribution in [2.24, 2.45) is 11.7 Å². The van der Waals surface area contributed by atoms with Crippen LogP contribution in [0.1, 0.15) is 12.5 Å². The Balaban J connectivity index is 2.61. The van der Waals surface area contributed by atoms with Crippen LogP contribution in [0.4, 0.5) is 23.7 Å². The summed E-state index contributed by atoms with van der Waals surface area (Å²) in [6.07, 6.45) is -4.46. The highest BCUT2D eigenvalue weighted by atomic mass is 19.4. The van der Waals surface area contributed by atoms with Crippen molar-refractivity contribution in [2.45, 2.75) is 13.1 Å². The van der Waals surface area contributed by atoms with Crippen LogP contribution in [0.3, 0.4) is 0 Å². The van der Waals surface area contributed by atoms with Gasteiger partial charge in [0, 0.05) is 18.2 Å². The van der Waals surface area contributed by atoms with E-state index in [1.54, 1.807) is 6.92 Å². The number of urea groups is 1. The van der Waals surface area contributed by atoms with E-state index in [4.69, 9.17) is 11.1 Å². The first-order valence-electron chi connectivity index (χ1n) is 5.76. The van der Waals surface area contributed by atoms with Crippen molar-refractivity contribution < 1.29 is 18.0 Å². The fourth-order valence-corrected chi connectivity index (χ4v) is 1.30. The summed E-state index contributed by atoms with van der Waals surface area (Å²) < 4.78 is 37.4. The molecule has 5 N–H and O–H groups in total. The van der Waals surface area contributed by atoms with Crippen LogP contribution < -0.4 is 16.4 Å². The third-order valence-electron chi connectivity index (χ3n) is 2.55. The molecule has 0 saturated carbocycles. The molecule has 1 unspecified atom stereocenters. The first-order chi connectivity index (χ1) is 9.20. The average Bonchev–Trinajstić information content (AvgIpc) is 2.35. The lowest BCUT2D eigenvalue weighted by molar-refractivity contribution is -0.137. The van der Waals surface area contributed by atoms with Gasteiger partial charge in [0.2, 0.25) is 0 Å². The first kappa shape index (κ1) is 15.8. The molecule has 0 spiro atoms. The molecule has 8 heteroatoms. The van der Waals surface area contributed by atoms with Crippen molar-refractivity contribution in [3.8, 4) is 0 Å². The van der Waals surface area contributed by atoms with Gasteiger partial charge in [0.15, 0.2) is 0 Å². The standard InChI is InChI=1S/C12H15F3N4O/c1-7(10(16)17)6-18-11(20)19-9-4-2-3-8(5-9)12(13,14)15/h2-5,7H,6H2,1H3,(H3,16,17)(H2,18,19,20). The van der Waals surface area contributed by atoms with E-state index in [2.05, 4.69) is 10.6 Å². The highest BCUT2D eigenvalue weighted by Gasteiger charge is 2.30. The predicted octanol–water partition coefficient (Wildman–Crippen LogP) is 2.40. The summed E-state index contributed by atoms with van der Waals surface area (Å²) in [5, 5.41) is 11.8. The number of anilines is 1. The Morgan fingerprint density at radius 2 is 2.10 bits per heavy atom. The number of amidine groups is 1. The fourth-order valence-electron chi connectivity index (χ4n) is 1.30. The predicted molar refractivity (Wildman–Crippen MR) is 69.5 cm³/mol. The number of nitrogens with two attached hydrogens (primary N) is 1. The van der Waals surface area contributed by atoms with Crippen LogP contribution in [0.15, 0.2) is 24.3 Å². The highest BCUT2D eigenvalue weighted by Crippen LogP contribution is 2.30. The number of hydrogen-bond donors (Lipinski definition) is 4. The number of benzene rings is 1. The second-order valence-electron chi connectivity index (χ2n) is 4.27. The minimum Gasteiger partial charge on any atom is -0.387 e. The van der Waals surface area contributed by atoms with Crippen molar-refractivity contribution in [1.29, 1.82) is 5.41 Å². The van der Waals surface area contributed by atoms with Gasteiger partial charge in [-0.25, -0.2) is 4.79 Å². The molecule has 0 heterocycles. The molecule has 5 nitrogen and oxygen atoms in total. The zero-order valence-corrected chi connectivity index (χ0v) is 10.7.